The second-order valence-electron chi connectivity index (χ2n) is 7.55. The zero-order valence-corrected chi connectivity index (χ0v) is 19.8. The number of carbonyl (C=O) groups is 2. The van der Waals surface area contributed by atoms with Crippen LogP contribution in [0.2, 0.25) is 10.0 Å². The summed E-state index contributed by atoms with van der Waals surface area (Å²) in [6.45, 7) is 1.78. The lowest BCUT2D eigenvalue weighted by Crippen LogP contribution is -2.05. The van der Waals surface area contributed by atoms with Gasteiger partial charge in [0.15, 0.2) is 5.78 Å². The van der Waals surface area contributed by atoms with Crippen LogP contribution in [0.3, 0.4) is 0 Å². The van der Waals surface area contributed by atoms with Crippen molar-refractivity contribution in [2.45, 2.75) is 6.92 Å². The molecule has 1 heterocycles. The van der Waals surface area contributed by atoms with Crippen LogP contribution in [0.5, 0.6) is 0 Å². The monoisotopic (exact) mass is 486 g/mol. The van der Waals surface area contributed by atoms with Gasteiger partial charge in [-0.25, -0.2) is 4.68 Å². The maximum absolute atomic E-state index is 13.2. The molecule has 0 saturated heterocycles. The fraction of sp³-hybridized carbons (Fsp3) is 0.0357. The molecule has 1 aromatic heterocycles. The minimum absolute atomic E-state index is 0.0947. The summed E-state index contributed by atoms with van der Waals surface area (Å²) in [5, 5.41) is 5.74. The van der Waals surface area contributed by atoms with Crippen LogP contribution < -0.4 is 0 Å². The SMILES string of the molecule is Cc1c(C(=O)/C=C/c2ccc(Cl)cc2)c(C(=O)/C=C/c2ccc(Cl)cc2)nn1-c1ccccc1. The minimum Gasteiger partial charge on any atom is -0.289 e. The van der Waals surface area contributed by atoms with Crippen LogP contribution in [-0.4, -0.2) is 21.3 Å². The van der Waals surface area contributed by atoms with Gasteiger partial charge in [0.2, 0.25) is 5.78 Å². The Morgan fingerprint density at radius 1 is 0.735 bits per heavy atom. The molecule has 6 heteroatoms. The Labute approximate surface area is 207 Å². The lowest BCUT2D eigenvalue weighted by atomic mass is 10.0. The van der Waals surface area contributed by atoms with E-state index < -0.39 is 0 Å². The Morgan fingerprint density at radius 3 is 1.76 bits per heavy atom. The number of carbonyl (C=O) groups excluding carboxylic acids is 2. The number of hydrogen-bond donors (Lipinski definition) is 0. The third kappa shape index (κ3) is 5.42. The van der Waals surface area contributed by atoms with Gasteiger partial charge in [0.1, 0.15) is 5.69 Å². The molecule has 4 nitrogen and oxygen atoms in total. The lowest BCUT2D eigenvalue weighted by Gasteiger charge is -2.03. The quantitative estimate of drug-likeness (QED) is 0.203. The predicted molar refractivity (Wildman–Crippen MR) is 138 cm³/mol. The van der Waals surface area contributed by atoms with Crippen molar-refractivity contribution in [2.75, 3.05) is 0 Å². The third-order valence-electron chi connectivity index (χ3n) is 5.19. The number of halogens is 2. The number of hydrogen-bond acceptors (Lipinski definition) is 3. The van der Waals surface area contributed by atoms with Crippen molar-refractivity contribution in [2.24, 2.45) is 0 Å². The lowest BCUT2D eigenvalue weighted by molar-refractivity contribution is 0.101. The Balaban J connectivity index is 1.72. The highest BCUT2D eigenvalue weighted by atomic mass is 35.5. The molecule has 0 N–H and O–H groups in total. The molecule has 0 aliphatic carbocycles. The number of allylic oxidation sites excluding steroid dienone is 2. The fourth-order valence-electron chi connectivity index (χ4n) is 3.44. The van der Waals surface area contributed by atoms with Crippen LogP contribution >= 0.6 is 23.2 Å². The second kappa shape index (κ2) is 10.5. The topological polar surface area (TPSA) is 52.0 Å². The highest BCUT2D eigenvalue weighted by Gasteiger charge is 2.24. The molecule has 0 aliphatic heterocycles. The van der Waals surface area contributed by atoms with E-state index in [0.29, 0.717) is 15.7 Å². The van der Waals surface area contributed by atoms with Crippen LogP contribution in [0.4, 0.5) is 0 Å². The van der Waals surface area contributed by atoms with Gasteiger partial charge in [-0.2, -0.15) is 5.10 Å². The summed E-state index contributed by atoms with van der Waals surface area (Å²) in [5.41, 5.74) is 3.34. The number of nitrogens with zero attached hydrogens (tertiary/aromatic N) is 2. The first-order valence-electron chi connectivity index (χ1n) is 10.5. The van der Waals surface area contributed by atoms with E-state index in [4.69, 9.17) is 23.2 Å². The summed E-state index contributed by atoms with van der Waals surface area (Å²) in [6, 6.07) is 23.6. The average Bonchev–Trinajstić information content (AvgIpc) is 3.20. The van der Waals surface area contributed by atoms with Crippen molar-refractivity contribution in [1.82, 2.24) is 9.78 Å². The Bertz CT molecular complexity index is 1390. The zero-order valence-electron chi connectivity index (χ0n) is 18.3. The molecular formula is C28H20Cl2N2O2. The Hall–Kier alpha value is -3.73. The highest BCUT2D eigenvalue weighted by Crippen LogP contribution is 2.22. The first-order valence-corrected chi connectivity index (χ1v) is 11.3. The van der Waals surface area contributed by atoms with E-state index in [1.807, 2.05) is 42.5 Å². The molecule has 0 fully saturated rings. The van der Waals surface area contributed by atoms with Gasteiger partial charge in [0, 0.05) is 10.0 Å². The van der Waals surface area contributed by atoms with Crippen LogP contribution in [0.25, 0.3) is 17.8 Å². The fourth-order valence-corrected chi connectivity index (χ4v) is 3.70. The van der Waals surface area contributed by atoms with Crippen molar-refractivity contribution in [3.63, 3.8) is 0 Å². The first kappa shape index (κ1) is 23.4. The van der Waals surface area contributed by atoms with Crippen LogP contribution in [0.15, 0.2) is 91.0 Å². The van der Waals surface area contributed by atoms with Crippen LogP contribution in [-0.2, 0) is 0 Å². The van der Waals surface area contributed by atoms with Gasteiger partial charge in [-0.05, 0) is 66.6 Å². The van der Waals surface area contributed by atoms with E-state index in [-0.39, 0.29) is 22.8 Å². The van der Waals surface area contributed by atoms with E-state index in [2.05, 4.69) is 5.10 Å². The van der Waals surface area contributed by atoms with E-state index >= 15 is 0 Å². The third-order valence-corrected chi connectivity index (χ3v) is 5.70. The molecule has 0 saturated carbocycles. The van der Waals surface area contributed by atoms with E-state index in [1.165, 1.54) is 12.2 Å². The summed E-state index contributed by atoms with van der Waals surface area (Å²) in [7, 11) is 0. The Morgan fingerprint density at radius 2 is 1.24 bits per heavy atom. The highest BCUT2D eigenvalue weighted by molar-refractivity contribution is 6.30. The molecule has 34 heavy (non-hydrogen) atoms. The van der Waals surface area contributed by atoms with Gasteiger partial charge in [0.05, 0.1) is 16.9 Å². The maximum atomic E-state index is 13.2. The molecule has 0 unspecified atom stereocenters. The molecule has 3 aromatic carbocycles. The number of benzene rings is 3. The molecular weight excluding hydrogens is 467 g/mol. The van der Waals surface area contributed by atoms with Crippen LogP contribution in [0, 0.1) is 6.92 Å². The predicted octanol–water partition coefficient (Wildman–Crippen LogP) is 7.28. The van der Waals surface area contributed by atoms with Gasteiger partial charge >= 0.3 is 0 Å². The van der Waals surface area contributed by atoms with Crippen molar-refractivity contribution < 1.29 is 9.59 Å². The molecule has 0 radical (unpaired) electrons. The van der Waals surface area contributed by atoms with Crippen molar-refractivity contribution in [3.8, 4) is 5.69 Å². The normalized spacial score (nSPS) is 11.4. The van der Waals surface area contributed by atoms with Crippen molar-refractivity contribution in [1.29, 1.82) is 0 Å². The number of aromatic nitrogens is 2. The van der Waals surface area contributed by atoms with E-state index in [9.17, 15) is 9.59 Å². The van der Waals surface area contributed by atoms with Gasteiger partial charge < -0.3 is 0 Å². The van der Waals surface area contributed by atoms with Crippen molar-refractivity contribution >= 4 is 46.9 Å². The second-order valence-corrected chi connectivity index (χ2v) is 8.43. The summed E-state index contributed by atoms with van der Waals surface area (Å²) >= 11 is 11.9. The van der Waals surface area contributed by atoms with Gasteiger partial charge in [-0.15, -0.1) is 0 Å². The molecule has 0 spiro atoms. The van der Waals surface area contributed by atoms with Crippen LogP contribution in [0.1, 0.15) is 37.7 Å². The van der Waals surface area contributed by atoms with E-state index in [1.54, 1.807) is 60.2 Å². The number of rotatable bonds is 7. The molecule has 0 aliphatic rings. The Kier molecular flexibility index (Phi) is 7.21. The maximum Gasteiger partial charge on any atom is 0.206 e. The standard InChI is InChI=1S/C28H20Cl2N2O2/c1-19-27(25(33)17-11-20-7-13-22(29)14-8-20)28(31-32(19)24-5-3-2-4-6-24)26(34)18-12-21-9-15-23(30)16-10-21/h2-18H,1H3/b17-11+,18-12+. The average molecular weight is 487 g/mol. The smallest absolute Gasteiger partial charge is 0.206 e. The number of ketones is 2. The van der Waals surface area contributed by atoms with Gasteiger partial charge in [0.25, 0.3) is 0 Å². The zero-order chi connectivity index (χ0) is 24.1. The summed E-state index contributed by atoms with van der Waals surface area (Å²) in [4.78, 5) is 26.4. The van der Waals surface area contributed by atoms with Gasteiger partial charge in [-0.1, -0.05) is 77.8 Å². The summed E-state index contributed by atoms with van der Waals surface area (Å²) < 4.78 is 1.62. The molecule has 168 valence electrons. The van der Waals surface area contributed by atoms with Crippen molar-refractivity contribution in [3.05, 3.63) is 129 Å². The molecule has 4 aromatic rings. The summed E-state index contributed by atoms with van der Waals surface area (Å²) in [5.74, 6) is -0.672. The largest absolute Gasteiger partial charge is 0.289 e. The number of para-hydroxylation sites is 1. The van der Waals surface area contributed by atoms with Gasteiger partial charge in [-0.3, -0.25) is 9.59 Å². The first-order chi connectivity index (χ1) is 16.4. The van der Waals surface area contributed by atoms with E-state index in [0.717, 1.165) is 16.8 Å². The molecule has 0 amide bonds. The minimum atomic E-state index is -0.365. The molecule has 0 atom stereocenters. The summed E-state index contributed by atoms with van der Waals surface area (Å²) in [6.07, 6.45) is 6.23. The molecule has 0 bridgehead atoms. The molecule has 4 rings (SSSR count).